The van der Waals surface area contributed by atoms with Crippen molar-refractivity contribution in [3.05, 3.63) is 56.3 Å². The molecule has 1 aromatic heterocycles. The lowest BCUT2D eigenvalue weighted by molar-refractivity contribution is -0.384. The van der Waals surface area contributed by atoms with E-state index in [0.717, 1.165) is 23.2 Å². The number of amides is 1. The molecule has 0 fully saturated rings. The van der Waals surface area contributed by atoms with Crippen LogP contribution >= 0.6 is 11.3 Å². The van der Waals surface area contributed by atoms with Gasteiger partial charge in [-0.1, -0.05) is 11.2 Å². The van der Waals surface area contributed by atoms with Gasteiger partial charge < -0.3 is 9.94 Å². The van der Waals surface area contributed by atoms with E-state index in [-0.39, 0.29) is 23.6 Å². The molecule has 0 atom stereocenters. The fourth-order valence-corrected chi connectivity index (χ4v) is 2.35. The van der Waals surface area contributed by atoms with Crippen molar-refractivity contribution >= 4 is 34.9 Å². The smallest absolute Gasteiger partial charge is 0.280 e. The van der Waals surface area contributed by atoms with Crippen LogP contribution in [0, 0.1) is 10.1 Å². The van der Waals surface area contributed by atoms with E-state index in [1.165, 1.54) is 17.4 Å². The normalized spacial score (nSPS) is 11.5. The van der Waals surface area contributed by atoms with E-state index in [0.29, 0.717) is 5.71 Å². The van der Waals surface area contributed by atoms with E-state index in [1.54, 1.807) is 6.92 Å². The van der Waals surface area contributed by atoms with Gasteiger partial charge in [0.25, 0.3) is 11.6 Å². The molecule has 1 heterocycles. The van der Waals surface area contributed by atoms with Crippen molar-refractivity contribution in [1.29, 1.82) is 0 Å². The summed E-state index contributed by atoms with van der Waals surface area (Å²) in [7, 11) is 0. The maximum atomic E-state index is 11.6. The second-order valence-electron chi connectivity index (χ2n) is 4.72. The van der Waals surface area contributed by atoms with Crippen LogP contribution in [0.4, 0.5) is 5.69 Å². The van der Waals surface area contributed by atoms with Crippen LogP contribution in [0.3, 0.4) is 0 Å². The highest BCUT2D eigenvalue weighted by atomic mass is 32.1. The van der Waals surface area contributed by atoms with Gasteiger partial charge in [0.15, 0.2) is 6.61 Å². The van der Waals surface area contributed by atoms with Crippen LogP contribution in [0.15, 0.2) is 46.0 Å². The Bertz CT molecular complexity index is 817. The fraction of sp³-hybridized carbons (Fsp3) is 0.133. The van der Waals surface area contributed by atoms with Crippen molar-refractivity contribution in [3.8, 4) is 5.75 Å². The highest BCUT2D eigenvalue weighted by Crippen LogP contribution is 2.21. The third-order valence-corrected chi connectivity index (χ3v) is 3.87. The van der Waals surface area contributed by atoms with Gasteiger partial charge in [-0.2, -0.15) is 5.10 Å². The minimum Gasteiger partial charge on any atom is -0.507 e. The lowest BCUT2D eigenvalue weighted by Gasteiger charge is -2.01. The lowest BCUT2D eigenvalue weighted by atomic mass is 10.2. The molecule has 0 aliphatic carbocycles. The van der Waals surface area contributed by atoms with Crippen LogP contribution in [-0.2, 0) is 9.63 Å². The van der Waals surface area contributed by atoms with Crippen LogP contribution in [0.25, 0.3) is 0 Å². The number of oxime groups is 1. The SMILES string of the molecule is C/C(=N\OCC(=O)N/N=C/c1cc([N+](=O)[O-])ccc1O)c1cccs1. The highest BCUT2D eigenvalue weighted by Gasteiger charge is 2.09. The first-order valence-corrected chi connectivity index (χ1v) is 7.85. The third kappa shape index (κ3) is 5.39. The number of hydrogen-bond donors (Lipinski definition) is 2. The van der Waals surface area contributed by atoms with Gasteiger partial charge in [0.05, 0.1) is 21.7 Å². The molecule has 0 aliphatic rings. The summed E-state index contributed by atoms with van der Waals surface area (Å²) in [6, 6.07) is 7.22. The van der Waals surface area contributed by atoms with Crippen LogP contribution in [-0.4, -0.2) is 34.5 Å². The van der Waals surface area contributed by atoms with Crippen molar-refractivity contribution in [3.63, 3.8) is 0 Å². The van der Waals surface area contributed by atoms with Crippen molar-refractivity contribution in [1.82, 2.24) is 5.43 Å². The topological polar surface area (TPSA) is 126 Å². The standard InChI is InChI=1S/C15H14N4O5S/c1-10(14-3-2-6-25-14)18-24-9-15(21)17-16-8-11-7-12(19(22)23)4-5-13(11)20/h2-8,20H,9H2,1H3,(H,17,21)/b16-8+,18-10+. The minimum atomic E-state index is -0.600. The molecule has 0 aliphatic heterocycles. The van der Waals surface area contributed by atoms with Crippen LogP contribution in [0.5, 0.6) is 5.75 Å². The van der Waals surface area contributed by atoms with Gasteiger partial charge in [-0.25, -0.2) is 5.43 Å². The van der Waals surface area contributed by atoms with E-state index in [4.69, 9.17) is 4.84 Å². The molecule has 2 rings (SSSR count). The van der Waals surface area contributed by atoms with Gasteiger partial charge in [-0.15, -0.1) is 11.3 Å². The van der Waals surface area contributed by atoms with Gasteiger partial charge in [0, 0.05) is 17.7 Å². The van der Waals surface area contributed by atoms with Crippen LogP contribution in [0.2, 0.25) is 0 Å². The van der Waals surface area contributed by atoms with Crippen molar-refractivity contribution in [2.24, 2.45) is 10.3 Å². The fourth-order valence-electron chi connectivity index (χ4n) is 1.68. The highest BCUT2D eigenvalue weighted by molar-refractivity contribution is 7.12. The van der Waals surface area contributed by atoms with E-state index < -0.39 is 10.8 Å². The Morgan fingerprint density at radius 2 is 2.28 bits per heavy atom. The Kier molecular flexibility index (Phi) is 6.18. The monoisotopic (exact) mass is 362 g/mol. The maximum absolute atomic E-state index is 11.6. The van der Waals surface area contributed by atoms with Gasteiger partial charge >= 0.3 is 0 Å². The minimum absolute atomic E-state index is 0.0991. The summed E-state index contributed by atoms with van der Waals surface area (Å²) >= 11 is 1.50. The zero-order chi connectivity index (χ0) is 18.2. The Labute approximate surface area is 146 Å². The number of nitro groups is 1. The summed E-state index contributed by atoms with van der Waals surface area (Å²) < 4.78 is 0. The molecule has 2 aromatic rings. The summed E-state index contributed by atoms with van der Waals surface area (Å²) in [5.41, 5.74) is 2.72. The number of nitrogens with one attached hydrogen (secondary N) is 1. The van der Waals surface area contributed by atoms with E-state index >= 15 is 0 Å². The predicted octanol–water partition coefficient (Wildman–Crippen LogP) is 2.25. The largest absolute Gasteiger partial charge is 0.507 e. The number of rotatable bonds is 7. The molecule has 1 amide bonds. The van der Waals surface area contributed by atoms with Gasteiger partial charge in [-0.3, -0.25) is 14.9 Å². The lowest BCUT2D eigenvalue weighted by Crippen LogP contribution is -2.22. The number of hydrogen-bond acceptors (Lipinski definition) is 8. The first-order chi connectivity index (χ1) is 12.0. The first kappa shape index (κ1) is 18.1. The molecule has 0 saturated carbocycles. The number of carbonyl (C=O) groups is 1. The number of phenolic OH excluding ortho intramolecular Hbond substituents is 1. The number of nitro benzene ring substituents is 1. The van der Waals surface area contributed by atoms with Crippen LogP contribution < -0.4 is 5.43 Å². The van der Waals surface area contributed by atoms with E-state index in [2.05, 4.69) is 15.7 Å². The number of thiophene rings is 1. The molecule has 1 aromatic carbocycles. The molecule has 0 radical (unpaired) electrons. The molecule has 0 saturated heterocycles. The number of nitrogens with zero attached hydrogens (tertiary/aromatic N) is 3. The van der Waals surface area contributed by atoms with Crippen molar-refractivity contribution in [2.45, 2.75) is 6.92 Å². The van der Waals surface area contributed by atoms with Crippen molar-refractivity contribution in [2.75, 3.05) is 6.61 Å². The molecular weight excluding hydrogens is 348 g/mol. The maximum Gasteiger partial charge on any atom is 0.280 e. The number of aromatic hydroxyl groups is 1. The summed E-state index contributed by atoms with van der Waals surface area (Å²) in [5.74, 6) is -0.764. The second-order valence-corrected chi connectivity index (χ2v) is 5.67. The summed E-state index contributed by atoms with van der Waals surface area (Å²) in [6.07, 6.45) is 1.10. The van der Waals surface area contributed by atoms with Gasteiger partial charge in [0.2, 0.25) is 0 Å². The van der Waals surface area contributed by atoms with E-state index in [1.807, 2.05) is 17.5 Å². The van der Waals surface area contributed by atoms with Crippen molar-refractivity contribution < 1.29 is 19.7 Å². The van der Waals surface area contributed by atoms with E-state index in [9.17, 15) is 20.0 Å². The quantitative estimate of drug-likeness (QED) is 0.444. The number of carbonyl (C=O) groups excluding carboxylic acids is 1. The molecule has 10 heteroatoms. The molecule has 0 unspecified atom stereocenters. The predicted molar refractivity (Wildman–Crippen MR) is 93.0 cm³/mol. The first-order valence-electron chi connectivity index (χ1n) is 6.97. The third-order valence-electron chi connectivity index (χ3n) is 2.89. The zero-order valence-electron chi connectivity index (χ0n) is 13.1. The van der Waals surface area contributed by atoms with Crippen LogP contribution in [0.1, 0.15) is 17.4 Å². The summed E-state index contributed by atoms with van der Waals surface area (Å²) in [5, 5.41) is 29.6. The number of non-ortho nitro benzene ring substituents is 1. The number of phenols is 1. The number of benzene rings is 1. The molecule has 25 heavy (non-hydrogen) atoms. The Balaban J connectivity index is 1.85. The molecule has 0 bridgehead atoms. The van der Waals surface area contributed by atoms with Gasteiger partial charge in [-0.05, 0) is 24.4 Å². The molecule has 130 valence electrons. The summed E-state index contributed by atoms with van der Waals surface area (Å²) in [6.45, 7) is 1.41. The average molecular weight is 362 g/mol. The zero-order valence-corrected chi connectivity index (χ0v) is 13.9. The average Bonchev–Trinajstić information content (AvgIpc) is 3.11. The molecule has 9 nitrogen and oxygen atoms in total. The molecular formula is C15H14N4O5S. The molecule has 0 spiro atoms. The van der Waals surface area contributed by atoms with Gasteiger partial charge in [0.1, 0.15) is 5.75 Å². The second kappa shape index (κ2) is 8.55. The Morgan fingerprint density at radius 1 is 1.48 bits per heavy atom. The molecule has 2 N–H and O–H groups in total. The number of hydrazone groups is 1. The Morgan fingerprint density at radius 3 is 2.96 bits per heavy atom. The Hall–Kier alpha value is -3.27. The summed E-state index contributed by atoms with van der Waals surface area (Å²) in [4.78, 5) is 27.5.